The standard InChI is InChI=1S/C22H21F2N/c1-2-3-16-4-6-17(7-5-16)8-9-18-10-13-22(25-15-18)19-11-12-20(23)21(24)14-19/h2-3,10-17H,4-7H2,1H3. The van der Waals surface area contributed by atoms with Crippen molar-refractivity contribution < 1.29 is 8.78 Å². The van der Waals surface area contributed by atoms with Gasteiger partial charge >= 0.3 is 0 Å². The molecule has 1 aromatic heterocycles. The van der Waals surface area contributed by atoms with Crippen molar-refractivity contribution in [2.75, 3.05) is 0 Å². The van der Waals surface area contributed by atoms with Gasteiger partial charge in [-0.25, -0.2) is 8.78 Å². The third kappa shape index (κ3) is 4.54. The summed E-state index contributed by atoms with van der Waals surface area (Å²) in [6, 6.07) is 7.47. The Morgan fingerprint density at radius 1 is 1.04 bits per heavy atom. The van der Waals surface area contributed by atoms with Crippen molar-refractivity contribution in [1.82, 2.24) is 4.98 Å². The molecule has 1 heterocycles. The van der Waals surface area contributed by atoms with E-state index in [0.717, 1.165) is 30.5 Å². The topological polar surface area (TPSA) is 12.9 Å². The third-order valence-corrected chi connectivity index (χ3v) is 4.64. The minimum Gasteiger partial charge on any atom is -0.255 e. The minimum atomic E-state index is -0.864. The second-order valence-electron chi connectivity index (χ2n) is 6.47. The van der Waals surface area contributed by atoms with E-state index in [-0.39, 0.29) is 0 Å². The van der Waals surface area contributed by atoms with Crippen molar-refractivity contribution in [2.45, 2.75) is 32.6 Å². The molecule has 1 saturated carbocycles. The van der Waals surface area contributed by atoms with E-state index in [1.54, 1.807) is 12.3 Å². The summed E-state index contributed by atoms with van der Waals surface area (Å²) in [4.78, 5) is 4.32. The molecule has 0 N–H and O–H groups in total. The zero-order chi connectivity index (χ0) is 17.6. The molecule has 25 heavy (non-hydrogen) atoms. The Morgan fingerprint density at radius 3 is 2.48 bits per heavy atom. The molecule has 1 aliphatic rings. The first-order valence-electron chi connectivity index (χ1n) is 8.71. The summed E-state index contributed by atoms with van der Waals surface area (Å²) in [5.41, 5.74) is 2.01. The first-order chi connectivity index (χ1) is 12.2. The molecule has 0 saturated heterocycles. The first-order valence-corrected chi connectivity index (χ1v) is 8.71. The quantitative estimate of drug-likeness (QED) is 0.501. The van der Waals surface area contributed by atoms with E-state index >= 15 is 0 Å². The fourth-order valence-corrected chi connectivity index (χ4v) is 3.21. The molecular weight excluding hydrogens is 316 g/mol. The average Bonchev–Trinajstić information content (AvgIpc) is 2.64. The number of aromatic nitrogens is 1. The molecule has 0 unspecified atom stereocenters. The SMILES string of the molecule is CC=CC1CCC(C#Cc2ccc(-c3ccc(F)c(F)c3)nc2)CC1. The zero-order valence-electron chi connectivity index (χ0n) is 14.3. The highest BCUT2D eigenvalue weighted by Gasteiger charge is 2.17. The van der Waals surface area contributed by atoms with Gasteiger partial charge in [-0.15, -0.1) is 0 Å². The van der Waals surface area contributed by atoms with Crippen LogP contribution in [0, 0.1) is 35.3 Å². The molecular formula is C22H21F2N. The van der Waals surface area contributed by atoms with Crippen LogP contribution < -0.4 is 0 Å². The predicted molar refractivity (Wildman–Crippen MR) is 96.7 cm³/mol. The molecule has 1 aliphatic carbocycles. The summed E-state index contributed by atoms with van der Waals surface area (Å²) in [5, 5.41) is 0. The fourth-order valence-electron chi connectivity index (χ4n) is 3.21. The molecule has 1 nitrogen and oxygen atoms in total. The number of rotatable bonds is 2. The lowest BCUT2D eigenvalue weighted by Gasteiger charge is -2.22. The monoisotopic (exact) mass is 337 g/mol. The van der Waals surface area contributed by atoms with Gasteiger partial charge in [0.2, 0.25) is 0 Å². The Balaban J connectivity index is 1.65. The number of pyridine rings is 1. The van der Waals surface area contributed by atoms with Gasteiger partial charge in [-0.3, -0.25) is 4.98 Å². The van der Waals surface area contributed by atoms with Crippen molar-refractivity contribution in [1.29, 1.82) is 0 Å². The van der Waals surface area contributed by atoms with Gasteiger partial charge in [-0.2, -0.15) is 0 Å². The van der Waals surface area contributed by atoms with E-state index in [9.17, 15) is 8.78 Å². The molecule has 1 aromatic carbocycles. The second kappa shape index (κ2) is 8.07. The second-order valence-corrected chi connectivity index (χ2v) is 6.47. The number of halogens is 2. The molecule has 128 valence electrons. The predicted octanol–water partition coefficient (Wildman–Crippen LogP) is 5.76. The molecule has 0 aliphatic heterocycles. The highest BCUT2D eigenvalue weighted by Crippen LogP contribution is 2.29. The zero-order valence-corrected chi connectivity index (χ0v) is 14.3. The van der Waals surface area contributed by atoms with E-state index in [0.29, 0.717) is 23.1 Å². The van der Waals surface area contributed by atoms with Gasteiger partial charge in [-0.05, 0) is 68.9 Å². The molecule has 2 aromatic rings. The fraction of sp³-hybridized carbons (Fsp3) is 0.318. The normalized spacial score (nSPS) is 20.3. The molecule has 0 atom stereocenters. The van der Waals surface area contributed by atoms with Crippen LogP contribution >= 0.6 is 0 Å². The van der Waals surface area contributed by atoms with Crippen LogP contribution in [-0.4, -0.2) is 4.98 Å². The molecule has 3 heteroatoms. The lowest BCUT2D eigenvalue weighted by Crippen LogP contribution is -2.11. The van der Waals surface area contributed by atoms with Gasteiger partial charge in [0.1, 0.15) is 0 Å². The minimum absolute atomic E-state index is 0.451. The maximum absolute atomic E-state index is 13.3. The summed E-state index contributed by atoms with van der Waals surface area (Å²) in [5.74, 6) is 5.99. The summed E-state index contributed by atoms with van der Waals surface area (Å²) < 4.78 is 26.3. The van der Waals surface area contributed by atoms with Crippen LogP contribution in [0.25, 0.3) is 11.3 Å². The van der Waals surface area contributed by atoms with E-state index in [1.165, 1.54) is 18.9 Å². The average molecular weight is 337 g/mol. The van der Waals surface area contributed by atoms with E-state index in [2.05, 4.69) is 35.9 Å². The summed E-state index contributed by atoms with van der Waals surface area (Å²) in [7, 11) is 0. The van der Waals surface area contributed by atoms with E-state index < -0.39 is 11.6 Å². The lowest BCUT2D eigenvalue weighted by atomic mass is 9.82. The maximum atomic E-state index is 13.3. The number of hydrogen-bond donors (Lipinski definition) is 0. The van der Waals surface area contributed by atoms with Crippen molar-refractivity contribution in [3.05, 3.63) is 65.9 Å². The first kappa shape index (κ1) is 17.4. The molecule has 0 bridgehead atoms. The van der Waals surface area contributed by atoms with Crippen LogP contribution in [0.15, 0.2) is 48.7 Å². The molecule has 3 rings (SSSR count). The van der Waals surface area contributed by atoms with E-state index in [1.807, 2.05) is 6.07 Å². The van der Waals surface area contributed by atoms with Crippen LogP contribution in [0.5, 0.6) is 0 Å². The van der Waals surface area contributed by atoms with Crippen molar-refractivity contribution in [2.24, 2.45) is 11.8 Å². The van der Waals surface area contributed by atoms with Gasteiger partial charge in [0.05, 0.1) is 5.69 Å². The Kier molecular flexibility index (Phi) is 5.60. The Morgan fingerprint density at radius 2 is 1.84 bits per heavy atom. The number of benzene rings is 1. The summed E-state index contributed by atoms with van der Waals surface area (Å²) in [6.45, 7) is 2.07. The summed E-state index contributed by atoms with van der Waals surface area (Å²) in [6.07, 6.45) is 10.8. The number of nitrogens with zero attached hydrogens (tertiary/aromatic N) is 1. The van der Waals surface area contributed by atoms with Gasteiger partial charge < -0.3 is 0 Å². The molecule has 0 spiro atoms. The van der Waals surface area contributed by atoms with Gasteiger partial charge in [0.25, 0.3) is 0 Å². The maximum Gasteiger partial charge on any atom is 0.159 e. The number of allylic oxidation sites excluding steroid dienone is 2. The lowest BCUT2D eigenvalue weighted by molar-refractivity contribution is 0.364. The molecule has 0 amide bonds. The van der Waals surface area contributed by atoms with Crippen LogP contribution in [0.1, 0.15) is 38.2 Å². The van der Waals surface area contributed by atoms with Crippen LogP contribution in [0.2, 0.25) is 0 Å². The Hall–Kier alpha value is -2.47. The van der Waals surface area contributed by atoms with Crippen molar-refractivity contribution in [3.8, 4) is 23.1 Å². The van der Waals surface area contributed by atoms with Crippen LogP contribution in [0.4, 0.5) is 8.78 Å². The van der Waals surface area contributed by atoms with Gasteiger partial charge in [0, 0.05) is 23.2 Å². The van der Waals surface area contributed by atoms with Crippen LogP contribution in [0.3, 0.4) is 0 Å². The smallest absolute Gasteiger partial charge is 0.159 e. The number of hydrogen-bond acceptors (Lipinski definition) is 1. The Bertz CT molecular complexity index is 804. The van der Waals surface area contributed by atoms with Crippen LogP contribution in [-0.2, 0) is 0 Å². The van der Waals surface area contributed by atoms with E-state index in [4.69, 9.17) is 0 Å². The van der Waals surface area contributed by atoms with Gasteiger partial charge in [0.15, 0.2) is 11.6 Å². The largest absolute Gasteiger partial charge is 0.255 e. The highest BCUT2D eigenvalue weighted by molar-refractivity contribution is 5.59. The molecule has 0 radical (unpaired) electrons. The highest BCUT2D eigenvalue weighted by atomic mass is 19.2. The Labute approximate surface area is 147 Å². The van der Waals surface area contributed by atoms with Gasteiger partial charge in [-0.1, -0.05) is 24.0 Å². The summed E-state index contributed by atoms with van der Waals surface area (Å²) >= 11 is 0. The molecule has 1 fully saturated rings. The van der Waals surface area contributed by atoms with Crippen molar-refractivity contribution in [3.63, 3.8) is 0 Å². The van der Waals surface area contributed by atoms with Crippen molar-refractivity contribution >= 4 is 0 Å². The third-order valence-electron chi connectivity index (χ3n) is 4.64.